The van der Waals surface area contributed by atoms with Crippen molar-refractivity contribution >= 4 is 5.78 Å². The highest BCUT2D eigenvalue weighted by Gasteiger charge is 2.21. The molecule has 4 heteroatoms. The molecule has 1 aliphatic heterocycles. The summed E-state index contributed by atoms with van der Waals surface area (Å²) < 4.78 is 0. The molecule has 2 aromatic rings. The molecule has 0 bridgehead atoms. The number of ketones is 1. The summed E-state index contributed by atoms with van der Waals surface area (Å²) in [6.07, 6.45) is 3.48. The van der Waals surface area contributed by atoms with E-state index < -0.39 is 0 Å². The molecule has 1 fully saturated rings. The monoisotopic (exact) mass is 311 g/mol. The molecule has 0 radical (unpaired) electrons. The van der Waals surface area contributed by atoms with Gasteiger partial charge in [-0.2, -0.15) is 0 Å². The molecule has 0 spiro atoms. The number of benzene rings is 2. The molecule has 0 atom stereocenters. The number of carbonyl (C=O) groups is 1. The third-order valence-electron chi connectivity index (χ3n) is 4.37. The molecule has 3 rings (SSSR count). The summed E-state index contributed by atoms with van der Waals surface area (Å²) in [7, 11) is 0. The Morgan fingerprint density at radius 3 is 2.35 bits per heavy atom. The first-order valence-corrected chi connectivity index (χ1v) is 8.02. The molecular formula is C19H21NO3. The minimum Gasteiger partial charge on any atom is -0.507 e. The smallest absolute Gasteiger partial charge is 0.196 e. The molecule has 0 saturated carbocycles. The van der Waals surface area contributed by atoms with Crippen molar-refractivity contribution in [3.8, 4) is 11.5 Å². The van der Waals surface area contributed by atoms with Gasteiger partial charge in [0.15, 0.2) is 5.78 Å². The van der Waals surface area contributed by atoms with E-state index in [4.69, 9.17) is 0 Å². The van der Waals surface area contributed by atoms with E-state index in [0.29, 0.717) is 17.7 Å². The zero-order chi connectivity index (χ0) is 16.2. The fourth-order valence-corrected chi connectivity index (χ4v) is 3.05. The zero-order valence-electron chi connectivity index (χ0n) is 13.0. The Labute approximate surface area is 136 Å². The molecule has 0 amide bonds. The number of hydrogen-bond acceptors (Lipinski definition) is 4. The number of aromatic hydroxyl groups is 2. The van der Waals surface area contributed by atoms with Crippen LogP contribution in [0, 0.1) is 0 Å². The third kappa shape index (κ3) is 3.37. The highest BCUT2D eigenvalue weighted by molar-refractivity contribution is 6.11. The summed E-state index contributed by atoms with van der Waals surface area (Å²) in [5.74, 6) is -0.301. The van der Waals surface area contributed by atoms with Crippen LogP contribution < -0.4 is 0 Å². The maximum atomic E-state index is 12.6. The van der Waals surface area contributed by atoms with Gasteiger partial charge >= 0.3 is 0 Å². The fourth-order valence-electron chi connectivity index (χ4n) is 3.05. The van der Waals surface area contributed by atoms with Crippen molar-refractivity contribution in [1.82, 2.24) is 4.90 Å². The van der Waals surface area contributed by atoms with Gasteiger partial charge in [0.25, 0.3) is 0 Å². The van der Waals surface area contributed by atoms with Crippen LogP contribution in [0.2, 0.25) is 0 Å². The van der Waals surface area contributed by atoms with Crippen LogP contribution in [0.3, 0.4) is 0 Å². The lowest BCUT2D eigenvalue weighted by Crippen LogP contribution is -2.29. The van der Waals surface area contributed by atoms with E-state index >= 15 is 0 Å². The quantitative estimate of drug-likeness (QED) is 0.850. The van der Waals surface area contributed by atoms with Gasteiger partial charge in [-0.25, -0.2) is 0 Å². The van der Waals surface area contributed by atoms with E-state index in [1.54, 1.807) is 24.3 Å². The maximum absolute atomic E-state index is 12.6. The predicted molar refractivity (Wildman–Crippen MR) is 88.8 cm³/mol. The largest absolute Gasteiger partial charge is 0.507 e. The number of phenolic OH excluding ortho intramolecular Hbond substituents is 2. The second-order valence-corrected chi connectivity index (χ2v) is 5.99. The van der Waals surface area contributed by atoms with Gasteiger partial charge in [-0.1, -0.05) is 36.8 Å². The van der Waals surface area contributed by atoms with Crippen LogP contribution >= 0.6 is 0 Å². The van der Waals surface area contributed by atoms with Gasteiger partial charge in [-0.05, 0) is 38.1 Å². The molecule has 4 nitrogen and oxygen atoms in total. The van der Waals surface area contributed by atoms with E-state index in [2.05, 4.69) is 4.90 Å². The van der Waals surface area contributed by atoms with Crippen molar-refractivity contribution in [2.24, 2.45) is 0 Å². The van der Waals surface area contributed by atoms with Crippen molar-refractivity contribution in [3.05, 3.63) is 59.2 Å². The van der Waals surface area contributed by atoms with Crippen molar-refractivity contribution in [2.75, 3.05) is 13.1 Å². The Hall–Kier alpha value is -2.33. The molecule has 0 unspecified atom stereocenters. The summed E-state index contributed by atoms with van der Waals surface area (Å²) >= 11 is 0. The second kappa shape index (κ2) is 6.84. The van der Waals surface area contributed by atoms with E-state index in [-0.39, 0.29) is 22.8 Å². The van der Waals surface area contributed by atoms with E-state index in [1.807, 2.05) is 6.07 Å². The van der Waals surface area contributed by atoms with Crippen molar-refractivity contribution in [3.63, 3.8) is 0 Å². The average Bonchev–Trinajstić information content (AvgIpc) is 2.60. The topological polar surface area (TPSA) is 60.8 Å². The minimum atomic E-state index is -0.233. The Bertz CT molecular complexity index is 691. The number of carbonyl (C=O) groups excluding carboxylic acids is 1. The van der Waals surface area contributed by atoms with Crippen molar-refractivity contribution < 1.29 is 15.0 Å². The Morgan fingerprint density at radius 2 is 1.65 bits per heavy atom. The number of piperidine rings is 1. The molecule has 120 valence electrons. The van der Waals surface area contributed by atoms with Gasteiger partial charge in [0, 0.05) is 12.1 Å². The average molecular weight is 311 g/mol. The van der Waals surface area contributed by atoms with Crippen LogP contribution in [0.4, 0.5) is 0 Å². The Kier molecular flexibility index (Phi) is 4.63. The number of nitrogens with zero attached hydrogens (tertiary/aromatic N) is 1. The summed E-state index contributed by atoms with van der Waals surface area (Å²) in [4.78, 5) is 14.8. The van der Waals surface area contributed by atoms with Crippen LogP contribution in [-0.2, 0) is 6.54 Å². The standard InChI is InChI=1S/C19H21NO3/c21-17-10-9-15(18(22)14-7-3-1-4-8-14)19(23)16(17)13-20-11-5-2-6-12-20/h1,3-4,7-10,21,23H,2,5-6,11-13H2. The SMILES string of the molecule is O=C(c1ccccc1)c1ccc(O)c(CN2CCCCC2)c1O. The summed E-state index contributed by atoms with van der Waals surface area (Å²) in [5, 5.41) is 20.6. The van der Waals surface area contributed by atoms with Gasteiger partial charge in [-0.3, -0.25) is 9.69 Å². The first-order chi connectivity index (χ1) is 11.2. The molecule has 23 heavy (non-hydrogen) atoms. The second-order valence-electron chi connectivity index (χ2n) is 5.99. The number of phenols is 2. The molecule has 1 saturated heterocycles. The van der Waals surface area contributed by atoms with E-state index in [1.165, 1.54) is 18.6 Å². The molecular weight excluding hydrogens is 290 g/mol. The molecule has 1 aliphatic rings. The molecule has 0 aliphatic carbocycles. The van der Waals surface area contributed by atoms with Crippen LogP contribution in [0.25, 0.3) is 0 Å². The van der Waals surface area contributed by atoms with E-state index in [9.17, 15) is 15.0 Å². The summed E-state index contributed by atoms with van der Waals surface area (Å²) in [6.45, 7) is 2.37. The first kappa shape index (κ1) is 15.6. The molecule has 0 aromatic heterocycles. The highest BCUT2D eigenvalue weighted by Crippen LogP contribution is 2.33. The van der Waals surface area contributed by atoms with Gasteiger partial charge in [0.05, 0.1) is 11.1 Å². The summed E-state index contributed by atoms with van der Waals surface area (Å²) in [6, 6.07) is 11.8. The van der Waals surface area contributed by atoms with Crippen LogP contribution in [0.5, 0.6) is 11.5 Å². The van der Waals surface area contributed by atoms with Crippen molar-refractivity contribution in [1.29, 1.82) is 0 Å². The highest BCUT2D eigenvalue weighted by atomic mass is 16.3. The third-order valence-corrected chi connectivity index (χ3v) is 4.37. The predicted octanol–water partition coefficient (Wildman–Crippen LogP) is 3.31. The number of hydrogen-bond donors (Lipinski definition) is 2. The number of rotatable bonds is 4. The van der Waals surface area contributed by atoms with Crippen molar-refractivity contribution in [2.45, 2.75) is 25.8 Å². The van der Waals surface area contributed by atoms with Gasteiger partial charge in [0.1, 0.15) is 11.5 Å². The molecule has 1 heterocycles. The molecule has 2 aromatic carbocycles. The maximum Gasteiger partial charge on any atom is 0.196 e. The molecule has 2 N–H and O–H groups in total. The fraction of sp³-hybridized carbons (Fsp3) is 0.316. The normalized spacial score (nSPS) is 15.5. The van der Waals surface area contributed by atoms with Crippen LogP contribution in [0.15, 0.2) is 42.5 Å². The van der Waals surface area contributed by atoms with Gasteiger partial charge in [-0.15, -0.1) is 0 Å². The lowest BCUT2D eigenvalue weighted by atomic mass is 9.98. The van der Waals surface area contributed by atoms with Crippen LogP contribution in [-0.4, -0.2) is 34.0 Å². The first-order valence-electron chi connectivity index (χ1n) is 8.02. The Morgan fingerprint density at radius 1 is 0.957 bits per heavy atom. The Balaban J connectivity index is 1.90. The van der Waals surface area contributed by atoms with E-state index in [0.717, 1.165) is 25.9 Å². The van der Waals surface area contributed by atoms with Gasteiger partial charge < -0.3 is 10.2 Å². The van der Waals surface area contributed by atoms with Crippen LogP contribution in [0.1, 0.15) is 40.7 Å². The minimum absolute atomic E-state index is 0.0395. The van der Waals surface area contributed by atoms with Gasteiger partial charge in [0.2, 0.25) is 0 Å². The zero-order valence-corrected chi connectivity index (χ0v) is 13.0. The summed E-state index contributed by atoms with van der Waals surface area (Å²) in [5.41, 5.74) is 1.20. The lowest BCUT2D eigenvalue weighted by Gasteiger charge is -2.27. The number of likely N-dealkylation sites (tertiary alicyclic amines) is 1. The lowest BCUT2D eigenvalue weighted by molar-refractivity contribution is 0.103.